The smallest absolute Gasteiger partial charge is 0.237 e. The number of nitrogens with one attached hydrogen (secondary N) is 1. The van der Waals surface area contributed by atoms with Gasteiger partial charge in [-0.15, -0.1) is 12.4 Å². The van der Waals surface area contributed by atoms with Crippen LogP contribution in [0, 0.1) is 0 Å². The number of hydrogen-bond acceptors (Lipinski definition) is 3. The first-order chi connectivity index (χ1) is 9.78. The van der Waals surface area contributed by atoms with Gasteiger partial charge in [-0.05, 0) is 52.1 Å². The summed E-state index contributed by atoms with van der Waals surface area (Å²) in [5.74, 6) is 0.399. The summed E-state index contributed by atoms with van der Waals surface area (Å²) < 4.78 is 0. The Bertz CT molecular complexity index is 342. The molecule has 0 aromatic heterocycles. The molecule has 0 spiro atoms. The highest BCUT2D eigenvalue weighted by atomic mass is 35.5. The van der Waals surface area contributed by atoms with Crippen molar-refractivity contribution in [2.24, 2.45) is 0 Å². The first-order valence-corrected chi connectivity index (χ1v) is 8.48. The van der Waals surface area contributed by atoms with Crippen LogP contribution in [0.2, 0.25) is 0 Å². The van der Waals surface area contributed by atoms with Crippen LogP contribution in [-0.4, -0.2) is 60.5 Å². The van der Waals surface area contributed by atoms with Crippen LogP contribution in [0.5, 0.6) is 0 Å². The Morgan fingerprint density at radius 3 is 2.38 bits per heavy atom. The zero-order valence-electron chi connectivity index (χ0n) is 13.2. The Labute approximate surface area is 135 Å². The number of carbonyl (C=O) groups excluding carboxylic acids is 1. The molecule has 0 bridgehead atoms. The van der Waals surface area contributed by atoms with Gasteiger partial charge in [0, 0.05) is 24.7 Å². The lowest BCUT2D eigenvalue weighted by molar-refractivity contribution is -0.135. The molecule has 2 aliphatic carbocycles. The van der Waals surface area contributed by atoms with Crippen LogP contribution in [0.3, 0.4) is 0 Å². The zero-order chi connectivity index (χ0) is 13.9. The molecule has 0 aromatic carbocycles. The highest BCUT2D eigenvalue weighted by molar-refractivity contribution is 5.85. The second-order valence-electron chi connectivity index (χ2n) is 6.83. The van der Waals surface area contributed by atoms with Gasteiger partial charge in [-0.25, -0.2) is 0 Å². The molecule has 1 atom stereocenters. The van der Waals surface area contributed by atoms with Gasteiger partial charge in [0.05, 0.1) is 6.54 Å². The second-order valence-corrected chi connectivity index (χ2v) is 6.83. The van der Waals surface area contributed by atoms with Crippen molar-refractivity contribution in [3.05, 3.63) is 0 Å². The van der Waals surface area contributed by atoms with Crippen LogP contribution in [0.4, 0.5) is 0 Å². The maximum Gasteiger partial charge on any atom is 0.237 e. The molecule has 21 heavy (non-hydrogen) atoms. The average Bonchev–Trinajstić information content (AvgIpc) is 3.13. The fourth-order valence-electron chi connectivity index (χ4n) is 3.95. The van der Waals surface area contributed by atoms with Crippen molar-refractivity contribution in [1.29, 1.82) is 0 Å². The van der Waals surface area contributed by atoms with E-state index in [-0.39, 0.29) is 12.4 Å². The van der Waals surface area contributed by atoms with E-state index in [0.29, 0.717) is 30.6 Å². The third kappa shape index (κ3) is 4.33. The van der Waals surface area contributed by atoms with E-state index < -0.39 is 0 Å². The maximum absolute atomic E-state index is 12.7. The number of likely N-dealkylation sites (N-methyl/N-ethyl adjacent to an activating group) is 1. The number of amides is 1. The quantitative estimate of drug-likeness (QED) is 0.843. The SMILES string of the molecule is CNC1CCCN(CC(=O)N(C2CCCC2)C2CC2)C1.Cl. The summed E-state index contributed by atoms with van der Waals surface area (Å²) in [6.07, 6.45) is 10.0. The summed E-state index contributed by atoms with van der Waals surface area (Å²) in [5.41, 5.74) is 0. The van der Waals surface area contributed by atoms with Crippen LogP contribution in [0.15, 0.2) is 0 Å². The van der Waals surface area contributed by atoms with E-state index in [4.69, 9.17) is 0 Å². The summed E-state index contributed by atoms with van der Waals surface area (Å²) in [5, 5.41) is 3.36. The number of nitrogens with zero attached hydrogens (tertiary/aromatic N) is 2. The molecule has 122 valence electrons. The Morgan fingerprint density at radius 2 is 1.76 bits per heavy atom. The number of likely N-dealkylation sites (tertiary alicyclic amines) is 1. The molecule has 3 rings (SSSR count). The van der Waals surface area contributed by atoms with Gasteiger partial charge < -0.3 is 10.2 Å². The van der Waals surface area contributed by atoms with Gasteiger partial charge in [-0.2, -0.15) is 0 Å². The van der Waals surface area contributed by atoms with Crippen LogP contribution >= 0.6 is 12.4 Å². The molecular formula is C16H30ClN3O. The molecular weight excluding hydrogens is 286 g/mol. The van der Waals surface area contributed by atoms with E-state index >= 15 is 0 Å². The van der Waals surface area contributed by atoms with Crippen molar-refractivity contribution >= 4 is 18.3 Å². The Morgan fingerprint density at radius 1 is 1.10 bits per heavy atom. The van der Waals surface area contributed by atoms with Crippen LogP contribution < -0.4 is 5.32 Å². The Hall–Kier alpha value is -0.320. The molecule has 1 saturated heterocycles. The minimum Gasteiger partial charge on any atom is -0.336 e. The van der Waals surface area contributed by atoms with E-state index in [0.717, 1.165) is 13.1 Å². The lowest BCUT2D eigenvalue weighted by atomic mass is 10.1. The lowest BCUT2D eigenvalue weighted by Crippen LogP contribution is -2.50. The first-order valence-electron chi connectivity index (χ1n) is 8.48. The molecule has 3 fully saturated rings. The molecule has 4 nitrogen and oxygen atoms in total. The van der Waals surface area contributed by atoms with Crippen molar-refractivity contribution < 1.29 is 4.79 Å². The number of rotatable bonds is 5. The number of halogens is 1. The predicted octanol–water partition coefficient (Wildman–Crippen LogP) is 2.03. The fourth-order valence-corrected chi connectivity index (χ4v) is 3.95. The molecule has 0 aromatic rings. The topological polar surface area (TPSA) is 35.6 Å². The number of hydrogen-bond donors (Lipinski definition) is 1. The van der Waals surface area contributed by atoms with Gasteiger partial charge in [0.25, 0.3) is 0 Å². The summed E-state index contributed by atoms with van der Waals surface area (Å²) in [4.78, 5) is 17.4. The predicted molar refractivity (Wildman–Crippen MR) is 87.9 cm³/mol. The normalized spacial score (nSPS) is 27.4. The largest absolute Gasteiger partial charge is 0.336 e. The Kier molecular flexibility index (Phi) is 6.33. The fraction of sp³-hybridized carbons (Fsp3) is 0.938. The third-order valence-corrected chi connectivity index (χ3v) is 5.22. The lowest BCUT2D eigenvalue weighted by Gasteiger charge is -2.35. The molecule has 1 unspecified atom stereocenters. The van der Waals surface area contributed by atoms with Crippen LogP contribution in [0.1, 0.15) is 51.4 Å². The average molecular weight is 316 g/mol. The van der Waals surface area contributed by atoms with Gasteiger partial charge in [0.1, 0.15) is 0 Å². The minimum atomic E-state index is 0. The highest BCUT2D eigenvalue weighted by Gasteiger charge is 2.38. The van der Waals surface area contributed by atoms with E-state index in [9.17, 15) is 4.79 Å². The summed E-state index contributed by atoms with van der Waals surface area (Å²) in [7, 11) is 2.03. The summed E-state index contributed by atoms with van der Waals surface area (Å²) in [6, 6.07) is 1.70. The van der Waals surface area contributed by atoms with Gasteiger partial charge in [0.2, 0.25) is 5.91 Å². The number of carbonyl (C=O) groups is 1. The Balaban J connectivity index is 0.00000161. The maximum atomic E-state index is 12.7. The van der Waals surface area contributed by atoms with Crippen molar-refractivity contribution in [3.63, 3.8) is 0 Å². The van der Waals surface area contributed by atoms with Crippen molar-refractivity contribution in [3.8, 4) is 0 Å². The van der Waals surface area contributed by atoms with Crippen LogP contribution in [-0.2, 0) is 4.79 Å². The molecule has 1 N–H and O–H groups in total. The zero-order valence-corrected chi connectivity index (χ0v) is 14.0. The molecule has 2 saturated carbocycles. The molecule has 1 aliphatic heterocycles. The molecule has 3 aliphatic rings. The number of piperidine rings is 1. The van der Waals surface area contributed by atoms with Gasteiger partial charge >= 0.3 is 0 Å². The third-order valence-electron chi connectivity index (χ3n) is 5.22. The summed E-state index contributed by atoms with van der Waals surface area (Å²) >= 11 is 0. The van der Waals surface area contributed by atoms with Crippen LogP contribution in [0.25, 0.3) is 0 Å². The molecule has 5 heteroatoms. The molecule has 1 amide bonds. The van der Waals surface area contributed by atoms with Gasteiger partial charge in [-0.1, -0.05) is 12.8 Å². The molecule has 0 radical (unpaired) electrons. The summed E-state index contributed by atoms with van der Waals surface area (Å²) in [6.45, 7) is 2.77. The van der Waals surface area contributed by atoms with E-state index in [1.807, 2.05) is 7.05 Å². The van der Waals surface area contributed by atoms with E-state index in [2.05, 4.69) is 15.1 Å². The second kappa shape index (κ2) is 7.80. The van der Waals surface area contributed by atoms with Crippen molar-refractivity contribution in [2.45, 2.75) is 69.5 Å². The van der Waals surface area contributed by atoms with Crippen molar-refractivity contribution in [1.82, 2.24) is 15.1 Å². The van der Waals surface area contributed by atoms with E-state index in [1.165, 1.54) is 51.4 Å². The standard InChI is InChI=1S/C16H29N3O.ClH/c1-17-13-5-4-10-18(11-13)12-16(20)19(15-8-9-15)14-6-2-3-7-14;/h13-15,17H,2-12H2,1H3;1H. The van der Waals surface area contributed by atoms with Gasteiger partial charge in [0.15, 0.2) is 0 Å². The minimum absolute atomic E-state index is 0. The highest BCUT2D eigenvalue weighted by Crippen LogP contribution is 2.34. The van der Waals surface area contributed by atoms with E-state index in [1.54, 1.807) is 0 Å². The monoisotopic (exact) mass is 315 g/mol. The van der Waals surface area contributed by atoms with Crippen molar-refractivity contribution in [2.75, 3.05) is 26.7 Å². The first kappa shape index (κ1) is 17.0. The molecule has 1 heterocycles. The van der Waals surface area contributed by atoms with Gasteiger partial charge in [-0.3, -0.25) is 9.69 Å².